The van der Waals surface area contributed by atoms with Crippen LogP contribution < -0.4 is 11.3 Å². The van der Waals surface area contributed by atoms with Crippen molar-refractivity contribution in [3.8, 4) is 16.9 Å². The molecule has 6 nitrogen and oxygen atoms in total. The first-order valence-corrected chi connectivity index (χ1v) is 9.82. The van der Waals surface area contributed by atoms with Gasteiger partial charge >= 0.3 is 5.76 Å². The molecule has 0 saturated carbocycles. The average molecular weight is 405 g/mol. The molecule has 0 amide bonds. The van der Waals surface area contributed by atoms with Crippen molar-refractivity contribution in [2.24, 2.45) is 0 Å². The third-order valence-electron chi connectivity index (χ3n) is 5.51. The lowest BCUT2D eigenvalue weighted by Gasteiger charge is -2.05. The Kier molecular flexibility index (Phi) is 3.67. The van der Waals surface area contributed by atoms with Gasteiger partial charge in [-0.1, -0.05) is 42.5 Å². The fraction of sp³-hybridized carbons (Fsp3) is 0. The maximum absolute atomic E-state index is 13.0. The van der Waals surface area contributed by atoms with Gasteiger partial charge in [0.1, 0.15) is 5.58 Å². The normalized spacial score (nSPS) is 11.5. The zero-order valence-corrected chi connectivity index (χ0v) is 16.2. The molecule has 0 aliphatic carbocycles. The minimum Gasteiger partial charge on any atom is -0.409 e. The second-order valence-electron chi connectivity index (χ2n) is 7.31. The molecule has 0 atom stereocenters. The largest absolute Gasteiger partial charge is 0.426 e. The van der Waals surface area contributed by atoms with Crippen LogP contribution in [0.2, 0.25) is 0 Å². The van der Waals surface area contributed by atoms with Gasteiger partial charge in [-0.25, -0.2) is 9.36 Å². The maximum atomic E-state index is 13.0. The van der Waals surface area contributed by atoms with Crippen LogP contribution in [0, 0.1) is 0 Å². The summed E-state index contributed by atoms with van der Waals surface area (Å²) in [5.41, 5.74) is 3.97. The van der Waals surface area contributed by atoms with Crippen molar-refractivity contribution in [3.63, 3.8) is 0 Å². The number of nitrogens with zero attached hydrogens (tertiary/aromatic N) is 2. The fourth-order valence-corrected chi connectivity index (χ4v) is 4.06. The van der Waals surface area contributed by atoms with E-state index in [4.69, 9.17) is 4.42 Å². The third-order valence-corrected chi connectivity index (χ3v) is 5.51. The van der Waals surface area contributed by atoms with Gasteiger partial charge in [0.05, 0.1) is 22.3 Å². The van der Waals surface area contributed by atoms with Crippen molar-refractivity contribution in [3.05, 3.63) is 106 Å². The molecule has 3 aromatic carbocycles. The Balaban J connectivity index is 1.63. The molecule has 6 aromatic rings. The summed E-state index contributed by atoms with van der Waals surface area (Å²) in [7, 11) is 0. The molecule has 0 spiro atoms. The molecular formula is C25H15N3O3. The quantitative estimate of drug-likeness (QED) is 0.455. The first-order chi connectivity index (χ1) is 15.2. The highest BCUT2D eigenvalue weighted by Crippen LogP contribution is 2.32. The molecule has 6 heteroatoms. The first-order valence-electron chi connectivity index (χ1n) is 9.82. The zero-order chi connectivity index (χ0) is 20.9. The predicted molar refractivity (Wildman–Crippen MR) is 121 cm³/mol. The lowest BCUT2D eigenvalue weighted by molar-refractivity contribution is 0.504. The Morgan fingerprint density at radius 1 is 0.806 bits per heavy atom. The van der Waals surface area contributed by atoms with Crippen molar-refractivity contribution >= 4 is 32.8 Å². The Bertz CT molecular complexity index is 1730. The van der Waals surface area contributed by atoms with Gasteiger partial charge in [0.15, 0.2) is 0 Å². The molecule has 0 unspecified atom stereocenters. The van der Waals surface area contributed by atoms with E-state index in [-0.39, 0.29) is 5.58 Å². The number of aromatic amines is 1. The monoisotopic (exact) mass is 405 g/mol. The van der Waals surface area contributed by atoms with E-state index in [2.05, 4.69) is 9.97 Å². The van der Waals surface area contributed by atoms with Crippen LogP contribution in [-0.2, 0) is 0 Å². The number of hydrogen-bond acceptors (Lipinski definition) is 4. The Hall–Kier alpha value is -4.45. The van der Waals surface area contributed by atoms with E-state index in [0.29, 0.717) is 11.1 Å². The highest BCUT2D eigenvalue weighted by Gasteiger charge is 2.15. The molecule has 1 N–H and O–H groups in total. The summed E-state index contributed by atoms with van der Waals surface area (Å²) in [6, 6.07) is 24.0. The van der Waals surface area contributed by atoms with Gasteiger partial charge in [0.2, 0.25) is 0 Å². The molecular weight excluding hydrogens is 390 g/mol. The van der Waals surface area contributed by atoms with Gasteiger partial charge in [0, 0.05) is 28.0 Å². The summed E-state index contributed by atoms with van der Waals surface area (Å²) in [5.74, 6) is -0.713. The Labute approximate surface area is 175 Å². The summed E-state index contributed by atoms with van der Waals surface area (Å²) in [6.07, 6.45) is 1.77. The smallest absolute Gasteiger partial charge is 0.409 e. The van der Waals surface area contributed by atoms with Crippen molar-refractivity contribution in [1.82, 2.24) is 14.5 Å². The molecule has 0 aliphatic rings. The van der Waals surface area contributed by atoms with Gasteiger partial charge in [-0.15, -0.1) is 0 Å². The predicted octanol–water partition coefficient (Wildman–Crippen LogP) is 4.64. The van der Waals surface area contributed by atoms with E-state index in [1.54, 1.807) is 36.5 Å². The molecule has 31 heavy (non-hydrogen) atoms. The van der Waals surface area contributed by atoms with Crippen LogP contribution >= 0.6 is 0 Å². The number of benzene rings is 3. The molecule has 0 fully saturated rings. The zero-order valence-electron chi connectivity index (χ0n) is 16.2. The molecule has 6 rings (SSSR count). The van der Waals surface area contributed by atoms with E-state index in [1.165, 1.54) is 0 Å². The number of fused-ring (bicyclic) bond motifs is 4. The van der Waals surface area contributed by atoms with E-state index in [1.807, 2.05) is 48.5 Å². The van der Waals surface area contributed by atoms with Crippen molar-refractivity contribution in [1.29, 1.82) is 0 Å². The van der Waals surface area contributed by atoms with Crippen LogP contribution in [0.5, 0.6) is 0 Å². The van der Waals surface area contributed by atoms with Crippen molar-refractivity contribution in [2.75, 3.05) is 0 Å². The fourth-order valence-electron chi connectivity index (χ4n) is 4.06. The number of H-pyrrole nitrogens is 1. The van der Waals surface area contributed by atoms with Gasteiger partial charge in [-0.2, -0.15) is 0 Å². The van der Waals surface area contributed by atoms with Crippen LogP contribution in [0.25, 0.3) is 49.7 Å². The Morgan fingerprint density at radius 2 is 1.61 bits per heavy atom. The Morgan fingerprint density at radius 3 is 2.48 bits per heavy atom. The molecule has 0 saturated heterocycles. The first kappa shape index (κ1) is 17.4. The number of para-hydroxylation sites is 1. The van der Waals surface area contributed by atoms with Crippen molar-refractivity contribution < 1.29 is 4.42 Å². The van der Waals surface area contributed by atoms with Crippen LogP contribution in [0.1, 0.15) is 0 Å². The number of rotatable bonds is 2. The van der Waals surface area contributed by atoms with Crippen molar-refractivity contribution in [2.45, 2.75) is 0 Å². The molecule has 3 aromatic heterocycles. The molecule has 0 radical (unpaired) electrons. The molecule has 3 heterocycles. The number of hydrogen-bond donors (Lipinski definition) is 1. The number of aromatic nitrogens is 3. The lowest BCUT2D eigenvalue weighted by atomic mass is 10.1. The molecule has 148 valence electrons. The van der Waals surface area contributed by atoms with Gasteiger partial charge < -0.3 is 9.40 Å². The maximum Gasteiger partial charge on any atom is 0.426 e. The second kappa shape index (κ2) is 6.53. The van der Waals surface area contributed by atoms with Gasteiger partial charge in [-0.3, -0.25) is 9.78 Å². The van der Waals surface area contributed by atoms with E-state index >= 15 is 0 Å². The molecule has 0 bridgehead atoms. The van der Waals surface area contributed by atoms with Crippen LogP contribution in [-0.4, -0.2) is 14.5 Å². The average Bonchev–Trinajstić information content (AvgIpc) is 3.18. The van der Waals surface area contributed by atoms with Gasteiger partial charge in [0.25, 0.3) is 5.56 Å². The summed E-state index contributed by atoms with van der Waals surface area (Å²) in [5, 5.41) is 2.21. The standard InChI is InChI=1S/C25H15N3O3/c29-24-18-8-4-5-9-21(18)31-25(30)28(24)16-10-11-20-19(14-16)17-12-13-26-22(23(17)27-20)15-6-2-1-3-7-15/h1-14,27H. The van der Waals surface area contributed by atoms with E-state index in [9.17, 15) is 9.59 Å². The SMILES string of the molecule is O=c1oc2ccccc2c(=O)n1-c1ccc2[nH]c3c(-c4ccccc4)nccc3c2c1. The third kappa shape index (κ3) is 2.62. The van der Waals surface area contributed by atoms with E-state index in [0.717, 1.165) is 37.6 Å². The summed E-state index contributed by atoms with van der Waals surface area (Å²) < 4.78 is 6.44. The van der Waals surface area contributed by atoms with Crippen LogP contribution in [0.3, 0.4) is 0 Å². The summed E-state index contributed by atoms with van der Waals surface area (Å²) >= 11 is 0. The lowest BCUT2D eigenvalue weighted by Crippen LogP contribution is -2.30. The number of nitrogens with one attached hydrogen (secondary N) is 1. The highest BCUT2D eigenvalue weighted by molar-refractivity contribution is 6.11. The highest BCUT2D eigenvalue weighted by atomic mass is 16.4. The minimum absolute atomic E-state index is 0.278. The summed E-state index contributed by atoms with van der Waals surface area (Å²) in [4.78, 5) is 33.6. The topological polar surface area (TPSA) is 80.9 Å². The number of pyridine rings is 1. The molecule has 0 aliphatic heterocycles. The van der Waals surface area contributed by atoms with Gasteiger partial charge in [-0.05, 0) is 36.4 Å². The summed E-state index contributed by atoms with van der Waals surface area (Å²) in [6.45, 7) is 0. The second-order valence-corrected chi connectivity index (χ2v) is 7.31. The van der Waals surface area contributed by atoms with E-state index < -0.39 is 11.3 Å². The van der Waals surface area contributed by atoms with Crippen LogP contribution in [0.4, 0.5) is 0 Å². The van der Waals surface area contributed by atoms with Crippen LogP contribution in [0.15, 0.2) is 99.1 Å². The minimum atomic E-state index is -0.713.